The summed E-state index contributed by atoms with van der Waals surface area (Å²) in [6.07, 6.45) is 0. The summed E-state index contributed by atoms with van der Waals surface area (Å²) < 4.78 is 5.31. The van der Waals surface area contributed by atoms with Crippen molar-refractivity contribution in [2.24, 2.45) is 0 Å². The van der Waals surface area contributed by atoms with Gasteiger partial charge in [0.1, 0.15) is 5.69 Å². The topological polar surface area (TPSA) is 112 Å². The number of anilines is 1. The molecule has 3 heterocycles. The molecule has 1 fully saturated rings. The van der Waals surface area contributed by atoms with E-state index in [2.05, 4.69) is 30.9 Å². The number of rotatable bonds is 3. The van der Waals surface area contributed by atoms with Crippen LogP contribution in [0.2, 0.25) is 0 Å². The largest absolute Gasteiger partial charge is 0.378 e. The minimum absolute atomic E-state index is 0.216. The number of benzene rings is 1. The quantitative estimate of drug-likeness (QED) is 0.590. The molecule has 3 N–H and O–H groups in total. The summed E-state index contributed by atoms with van der Waals surface area (Å²) in [6, 6.07) is 7.26. The van der Waals surface area contributed by atoms with Crippen molar-refractivity contribution in [2.45, 2.75) is 0 Å². The van der Waals surface area contributed by atoms with Gasteiger partial charge in [0.05, 0.1) is 18.7 Å². The minimum atomic E-state index is -0.501. The second kappa shape index (κ2) is 7.10. The highest BCUT2D eigenvalue weighted by Crippen LogP contribution is 2.21. The number of nitrogens with zero attached hydrogens (tertiary/aromatic N) is 3. The molecule has 3 aromatic rings. The van der Waals surface area contributed by atoms with Crippen LogP contribution < -0.4 is 15.8 Å². The molecule has 2 aromatic heterocycles. The van der Waals surface area contributed by atoms with E-state index in [0.29, 0.717) is 18.6 Å². The number of ether oxygens (including phenoxy) is 1. The Balaban J connectivity index is 1.39. The molecule has 26 heavy (non-hydrogen) atoms. The van der Waals surface area contributed by atoms with E-state index in [1.54, 1.807) is 11.4 Å². The van der Waals surface area contributed by atoms with E-state index in [4.69, 9.17) is 4.74 Å². The van der Waals surface area contributed by atoms with Gasteiger partial charge in [-0.2, -0.15) is 5.10 Å². The molecule has 0 bridgehead atoms. The average Bonchev–Trinajstić information content (AvgIpc) is 3.34. The van der Waals surface area contributed by atoms with Crippen LogP contribution in [0.3, 0.4) is 0 Å². The van der Waals surface area contributed by atoms with Gasteiger partial charge in [-0.25, -0.2) is 4.98 Å². The number of carbonyl (C=O) groups is 2. The molecule has 10 heteroatoms. The average molecular weight is 372 g/mol. The number of H-pyrrole nitrogens is 1. The number of thiazole rings is 1. The Morgan fingerprint density at radius 1 is 1.15 bits per heavy atom. The molecular weight excluding hydrogens is 356 g/mol. The molecule has 0 unspecified atom stereocenters. The molecule has 0 aliphatic carbocycles. The minimum Gasteiger partial charge on any atom is -0.378 e. The predicted octanol–water partition coefficient (Wildman–Crippen LogP) is 0.931. The van der Waals surface area contributed by atoms with Crippen molar-refractivity contribution < 1.29 is 14.3 Å². The number of morpholine rings is 1. The highest BCUT2D eigenvalue weighted by atomic mass is 32.1. The molecule has 4 rings (SSSR count). The number of hydrogen-bond donors (Lipinski definition) is 3. The third-order valence-corrected chi connectivity index (χ3v) is 4.88. The van der Waals surface area contributed by atoms with E-state index in [1.807, 2.05) is 18.2 Å². The van der Waals surface area contributed by atoms with Gasteiger partial charge >= 0.3 is 0 Å². The highest BCUT2D eigenvalue weighted by molar-refractivity contribution is 7.13. The maximum absolute atomic E-state index is 12.3. The van der Waals surface area contributed by atoms with Gasteiger partial charge in [-0.15, -0.1) is 11.3 Å². The molecule has 9 nitrogen and oxygen atoms in total. The fourth-order valence-corrected chi connectivity index (χ4v) is 3.50. The second-order valence-corrected chi connectivity index (χ2v) is 6.48. The van der Waals surface area contributed by atoms with Crippen molar-refractivity contribution >= 4 is 39.2 Å². The van der Waals surface area contributed by atoms with Gasteiger partial charge in [-0.3, -0.25) is 25.5 Å². The van der Waals surface area contributed by atoms with Crippen LogP contribution in [-0.2, 0) is 4.74 Å². The van der Waals surface area contributed by atoms with Crippen LogP contribution >= 0.6 is 11.3 Å². The number of hydrogen-bond acceptors (Lipinski definition) is 7. The molecular formula is C16H16N6O3S. The number of amides is 2. The zero-order chi connectivity index (χ0) is 17.9. The van der Waals surface area contributed by atoms with Crippen LogP contribution in [0.5, 0.6) is 0 Å². The Morgan fingerprint density at radius 2 is 1.92 bits per heavy atom. The van der Waals surface area contributed by atoms with Crippen molar-refractivity contribution in [2.75, 3.05) is 31.2 Å². The van der Waals surface area contributed by atoms with Gasteiger partial charge in [0, 0.05) is 23.9 Å². The van der Waals surface area contributed by atoms with E-state index < -0.39 is 11.8 Å². The fraction of sp³-hybridized carbons (Fsp3) is 0.250. The third kappa shape index (κ3) is 3.24. The maximum atomic E-state index is 12.3. The Bertz CT molecular complexity index is 946. The molecule has 1 aliphatic rings. The van der Waals surface area contributed by atoms with Gasteiger partial charge in [-0.05, 0) is 6.07 Å². The van der Waals surface area contributed by atoms with Crippen LogP contribution in [0.4, 0.5) is 5.13 Å². The number of aromatic nitrogens is 3. The molecule has 1 saturated heterocycles. The first-order chi connectivity index (χ1) is 12.7. The van der Waals surface area contributed by atoms with E-state index in [1.165, 1.54) is 11.3 Å². The lowest BCUT2D eigenvalue weighted by molar-refractivity contribution is 0.0842. The van der Waals surface area contributed by atoms with Gasteiger partial charge < -0.3 is 9.64 Å². The molecule has 0 spiro atoms. The summed E-state index contributed by atoms with van der Waals surface area (Å²) in [7, 11) is 0. The summed E-state index contributed by atoms with van der Waals surface area (Å²) in [6.45, 7) is 2.79. The van der Waals surface area contributed by atoms with Crippen LogP contribution in [-0.4, -0.2) is 53.3 Å². The third-order valence-electron chi connectivity index (χ3n) is 3.98. The van der Waals surface area contributed by atoms with Gasteiger partial charge in [-0.1, -0.05) is 18.2 Å². The molecule has 1 aromatic carbocycles. The summed E-state index contributed by atoms with van der Waals surface area (Å²) in [5.74, 6) is -0.978. The van der Waals surface area contributed by atoms with Gasteiger partial charge in [0.25, 0.3) is 11.8 Å². The summed E-state index contributed by atoms with van der Waals surface area (Å²) in [5.41, 5.74) is 5.97. The normalized spacial score (nSPS) is 14.4. The van der Waals surface area contributed by atoms with Crippen LogP contribution in [0.15, 0.2) is 29.6 Å². The monoisotopic (exact) mass is 372 g/mol. The van der Waals surface area contributed by atoms with E-state index in [0.717, 1.165) is 23.7 Å². The molecule has 0 radical (unpaired) electrons. The first-order valence-electron chi connectivity index (χ1n) is 8.04. The first-order valence-corrected chi connectivity index (χ1v) is 8.92. The molecule has 2 amide bonds. The summed E-state index contributed by atoms with van der Waals surface area (Å²) in [5, 5.41) is 9.88. The smallest absolute Gasteiger partial charge is 0.290 e. The summed E-state index contributed by atoms with van der Waals surface area (Å²) >= 11 is 1.39. The Labute approximate surface area is 152 Å². The Kier molecular flexibility index (Phi) is 4.50. The standard InChI is InChI=1S/C16H16N6O3S/c23-14(12-9-26-16(17-12)22-5-7-25-8-6-22)20-21-15(24)13-10-3-1-2-4-11(10)18-19-13/h1-4,9H,5-8H2,(H,18,19)(H,20,23)(H,21,24). The number of fused-ring (bicyclic) bond motifs is 1. The van der Waals surface area contributed by atoms with Crippen molar-refractivity contribution in [3.8, 4) is 0 Å². The van der Waals surface area contributed by atoms with Crippen molar-refractivity contribution in [1.29, 1.82) is 0 Å². The van der Waals surface area contributed by atoms with E-state index in [9.17, 15) is 9.59 Å². The lowest BCUT2D eigenvalue weighted by atomic mass is 10.2. The number of aromatic amines is 1. The first kappa shape index (κ1) is 16.5. The van der Waals surface area contributed by atoms with E-state index >= 15 is 0 Å². The predicted molar refractivity (Wildman–Crippen MR) is 96.2 cm³/mol. The Hall–Kier alpha value is -2.98. The lowest BCUT2D eigenvalue weighted by Gasteiger charge is -2.25. The SMILES string of the molecule is O=C(NNC(=O)c1n[nH]c2ccccc12)c1csc(N2CCOCC2)n1. The fourth-order valence-electron chi connectivity index (χ4n) is 2.64. The van der Waals surface area contributed by atoms with Gasteiger partial charge in [0.2, 0.25) is 0 Å². The number of carbonyl (C=O) groups excluding carboxylic acids is 2. The number of nitrogens with one attached hydrogen (secondary N) is 3. The van der Waals surface area contributed by atoms with Crippen molar-refractivity contribution in [3.05, 3.63) is 41.0 Å². The zero-order valence-corrected chi connectivity index (χ0v) is 14.5. The molecule has 0 saturated carbocycles. The van der Waals surface area contributed by atoms with Crippen LogP contribution in [0.1, 0.15) is 21.0 Å². The van der Waals surface area contributed by atoms with Crippen molar-refractivity contribution in [1.82, 2.24) is 26.0 Å². The Morgan fingerprint density at radius 3 is 2.77 bits per heavy atom. The van der Waals surface area contributed by atoms with Gasteiger partial charge in [0.15, 0.2) is 10.8 Å². The zero-order valence-electron chi connectivity index (χ0n) is 13.7. The molecule has 1 aliphatic heterocycles. The summed E-state index contributed by atoms with van der Waals surface area (Å²) in [4.78, 5) is 30.9. The van der Waals surface area contributed by atoms with Crippen LogP contribution in [0.25, 0.3) is 10.9 Å². The van der Waals surface area contributed by atoms with E-state index in [-0.39, 0.29) is 11.4 Å². The lowest BCUT2D eigenvalue weighted by Crippen LogP contribution is -2.42. The maximum Gasteiger partial charge on any atom is 0.290 e. The van der Waals surface area contributed by atoms with Crippen molar-refractivity contribution in [3.63, 3.8) is 0 Å². The van der Waals surface area contributed by atoms with Crippen LogP contribution in [0, 0.1) is 0 Å². The number of hydrazine groups is 1. The second-order valence-electron chi connectivity index (χ2n) is 5.64. The molecule has 0 atom stereocenters. The molecule has 134 valence electrons. The number of para-hydroxylation sites is 1. The highest BCUT2D eigenvalue weighted by Gasteiger charge is 2.19.